The molecule has 1 aromatic carbocycles. The Morgan fingerprint density at radius 2 is 1.87 bits per heavy atom. The van der Waals surface area contributed by atoms with Crippen molar-refractivity contribution in [3.63, 3.8) is 0 Å². The number of benzene rings is 1. The molecule has 23 heavy (non-hydrogen) atoms. The summed E-state index contributed by atoms with van der Waals surface area (Å²) in [7, 11) is 0. The fraction of sp³-hybridized carbons (Fsp3) is 0.529. The van der Waals surface area contributed by atoms with Crippen LogP contribution < -0.4 is 5.32 Å². The van der Waals surface area contributed by atoms with Crippen LogP contribution in [0.15, 0.2) is 30.3 Å². The minimum absolute atomic E-state index is 0.173. The first kappa shape index (κ1) is 19.0. The van der Waals surface area contributed by atoms with E-state index in [2.05, 4.69) is 5.32 Å². The molecule has 0 bridgehead atoms. The third-order valence-corrected chi connectivity index (χ3v) is 2.86. The molecule has 0 aliphatic carbocycles. The van der Waals surface area contributed by atoms with Crippen molar-refractivity contribution in [2.24, 2.45) is 0 Å². The number of alkyl carbamates (subject to hydrolysis) is 1. The second kappa shape index (κ2) is 9.15. The molecule has 128 valence electrons. The number of carbonyl (C=O) groups is 2. The molecule has 1 atom stereocenters. The summed E-state index contributed by atoms with van der Waals surface area (Å²) in [6.07, 6.45) is -0.390. The van der Waals surface area contributed by atoms with Gasteiger partial charge in [-0.1, -0.05) is 30.3 Å². The Bertz CT molecular complexity index is 495. The van der Waals surface area contributed by atoms with Crippen molar-refractivity contribution < 1.29 is 24.2 Å². The number of carboxylic acids is 1. The summed E-state index contributed by atoms with van der Waals surface area (Å²) < 4.78 is 10.7. The van der Waals surface area contributed by atoms with Crippen molar-refractivity contribution >= 4 is 12.1 Å². The summed E-state index contributed by atoms with van der Waals surface area (Å²) in [5.41, 5.74) is 0.421. The van der Waals surface area contributed by atoms with Gasteiger partial charge in [0, 0.05) is 12.6 Å². The second-order valence-electron chi connectivity index (χ2n) is 6.27. The third-order valence-electron chi connectivity index (χ3n) is 2.86. The molecule has 0 saturated carbocycles. The predicted octanol–water partition coefficient (Wildman–Crippen LogP) is 2.96. The molecule has 0 heterocycles. The number of carboxylic acid groups (broad SMARTS) is 1. The maximum absolute atomic E-state index is 11.7. The first-order valence-corrected chi connectivity index (χ1v) is 7.59. The third kappa shape index (κ3) is 9.52. The number of aliphatic carboxylic acids is 1. The quantitative estimate of drug-likeness (QED) is 0.718. The van der Waals surface area contributed by atoms with Crippen LogP contribution in [0.3, 0.4) is 0 Å². The van der Waals surface area contributed by atoms with Crippen LogP contribution in [-0.4, -0.2) is 35.4 Å². The molecule has 6 heteroatoms. The van der Waals surface area contributed by atoms with E-state index in [4.69, 9.17) is 14.6 Å². The lowest BCUT2D eigenvalue weighted by Gasteiger charge is -2.23. The Morgan fingerprint density at radius 3 is 2.43 bits per heavy atom. The molecule has 0 aliphatic rings. The largest absolute Gasteiger partial charge is 0.481 e. The van der Waals surface area contributed by atoms with Crippen LogP contribution >= 0.6 is 0 Å². The predicted molar refractivity (Wildman–Crippen MR) is 86.1 cm³/mol. The molecule has 0 aromatic heterocycles. The van der Waals surface area contributed by atoms with Gasteiger partial charge < -0.3 is 19.9 Å². The van der Waals surface area contributed by atoms with Crippen molar-refractivity contribution in [1.29, 1.82) is 0 Å². The van der Waals surface area contributed by atoms with Crippen LogP contribution in [-0.2, 0) is 20.9 Å². The molecule has 1 amide bonds. The molecular weight excluding hydrogens is 298 g/mol. The van der Waals surface area contributed by atoms with Gasteiger partial charge in [0.1, 0.15) is 5.60 Å². The van der Waals surface area contributed by atoms with Crippen LogP contribution in [0.5, 0.6) is 0 Å². The smallest absolute Gasteiger partial charge is 0.407 e. The molecule has 1 aromatic rings. The normalized spacial score (nSPS) is 12.5. The lowest BCUT2D eigenvalue weighted by Crippen LogP contribution is -2.40. The molecule has 0 radical (unpaired) electrons. The molecule has 2 N–H and O–H groups in total. The summed E-state index contributed by atoms with van der Waals surface area (Å²) in [4.78, 5) is 22.6. The zero-order valence-corrected chi connectivity index (χ0v) is 13.9. The van der Waals surface area contributed by atoms with E-state index in [1.807, 2.05) is 30.3 Å². The zero-order chi connectivity index (χ0) is 17.3. The van der Waals surface area contributed by atoms with Crippen molar-refractivity contribution in [2.45, 2.75) is 51.9 Å². The van der Waals surface area contributed by atoms with E-state index in [0.717, 1.165) is 5.56 Å². The van der Waals surface area contributed by atoms with Crippen LogP contribution in [0.4, 0.5) is 4.79 Å². The Labute approximate surface area is 136 Å². The maximum Gasteiger partial charge on any atom is 0.407 e. The van der Waals surface area contributed by atoms with Crippen LogP contribution in [0.25, 0.3) is 0 Å². The number of nitrogens with one attached hydrogen (secondary N) is 1. The average molecular weight is 323 g/mol. The van der Waals surface area contributed by atoms with E-state index in [9.17, 15) is 9.59 Å². The fourth-order valence-corrected chi connectivity index (χ4v) is 1.90. The highest BCUT2D eigenvalue weighted by Gasteiger charge is 2.21. The van der Waals surface area contributed by atoms with Gasteiger partial charge in [-0.2, -0.15) is 0 Å². The fourth-order valence-electron chi connectivity index (χ4n) is 1.90. The summed E-state index contributed by atoms with van der Waals surface area (Å²) in [6, 6.07) is 9.16. The number of rotatable bonds is 8. The first-order valence-electron chi connectivity index (χ1n) is 7.59. The monoisotopic (exact) mass is 323 g/mol. The summed E-state index contributed by atoms with van der Waals surface area (Å²) in [5, 5.41) is 11.5. The van der Waals surface area contributed by atoms with E-state index in [1.165, 1.54) is 0 Å². The van der Waals surface area contributed by atoms with Gasteiger partial charge in [-0.3, -0.25) is 4.79 Å². The van der Waals surface area contributed by atoms with Crippen LogP contribution in [0.1, 0.15) is 39.2 Å². The highest BCUT2D eigenvalue weighted by molar-refractivity contribution is 5.71. The van der Waals surface area contributed by atoms with Gasteiger partial charge in [0.05, 0.1) is 13.0 Å². The van der Waals surface area contributed by atoms with E-state index in [0.29, 0.717) is 19.6 Å². The van der Waals surface area contributed by atoms with Crippen molar-refractivity contribution in [2.75, 3.05) is 6.61 Å². The molecule has 0 spiro atoms. The minimum atomic E-state index is -0.978. The van der Waals surface area contributed by atoms with Gasteiger partial charge in [-0.25, -0.2) is 4.79 Å². The number of amides is 1. The van der Waals surface area contributed by atoms with Gasteiger partial charge >= 0.3 is 12.1 Å². The average Bonchev–Trinajstić information content (AvgIpc) is 2.41. The first-order chi connectivity index (χ1) is 10.8. The van der Waals surface area contributed by atoms with Crippen LogP contribution in [0, 0.1) is 0 Å². The molecule has 0 fully saturated rings. The van der Waals surface area contributed by atoms with Crippen molar-refractivity contribution in [1.82, 2.24) is 5.32 Å². The van der Waals surface area contributed by atoms with Gasteiger partial charge in [0.15, 0.2) is 0 Å². The van der Waals surface area contributed by atoms with E-state index >= 15 is 0 Å². The van der Waals surface area contributed by atoms with Gasteiger partial charge in [0.25, 0.3) is 0 Å². The lowest BCUT2D eigenvalue weighted by atomic mass is 10.1. The Hall–Kier alpha value is -2.08. The highest BCUT2D eigenvalue weighted by atomic mass is 16.6. The second-order valence-corrected chi connectivity index (χ2v) is 6.27. The number of ether oxygens (including phenoxy) is 2. The van der Waals surface area contributed by atoms with E-state index in [-0.39, 0.29) is 6.42 Å². The molecule has 0 saturated heterocycles. The highest BCUT2D eigenvalue weighted by Crippen LogP contribution is 2.09. The number of hydrogen-bond acceptors (Lipinski definition) is 4. The molecular formula is C17H25NO5. The van der Waals surface area contributed by atoms with Crippen LogP contribution in [0.2, 0.25) is 0 Å². The molecule has 1 unspecified atom stereocenters. The zero-order valence-electron chi connectivity index (χ0n) is 13.9. The van der Waals surface area contributed by atoms with Gasteiger partial charge in [-0.15, -0.1) is 0 Å². The van der Waals surface area contributed by atoms with Crippen molar-refractivity contribution in [3.8, 4) is 0 Å². The standard InChI is InChI=1S/C17H25NO5/c1-17(2,3)23-16(21)18-14(11-15(19)20)9-10-22-12-13-7-5-4-6-8-13/h4-8,14H,9-12H2,1-3H3,(H,18,21)(H,19,20). The Kier molecular flexibility index (Phi) is 7.54. The summed E-state index contributed by atoms with van der Waals surface area (Å²) >= 11 is 0. The molecule has 6 nitrogen and oxygen atoms in total. The molecule has 1 rings (SSSR count). The topological polar surface area (TPSA) is 84.9 Å². The Balaban J connectivity index is 2.38. The molecule has 0 aliphatic heterocycles. The SMILES string of the molecule is CC(C)(C)OC(=O)NC(CCOCc1ccccc1)CC(=O)O. The lowest BCUT2D eigenvalue weighted by molar-refractivity contribution is -0.137. The summed E-state index contributed by atoms with van der Waals surface area (Å²) in [6.45, 7) is 6.06. The number of carbonyl (C=O) groups excluding carboxylic acids is 1. The summed E-state index contributed by atoms with van der Waals surface area (Å²) in [5.74, 6) is -0.978. The van der Waals surface area contributed by atoms with Gasteiger partial charge in [0.2, 0.25) is 0 Å². The van der Waals surface area contributed by atoms with E-state index < -0.39 is 23.7 Å². The van der Waals surface area contributed by atoms with Crippen molar-refractivity contribution in [3.05, 3.63) is 35.9 Å². The maximum atomic E-state index is 11.7. The number of hydrogen-bond donors (Lipinski definition) is 2. The minimum Gasteiger partial charge on any atom is -0.481 e. The Morgan fingerprint density at radius 1 is 1.22 bits per heavy atom. The van der Waals surface area contributed by atoms with E-state index in [1.54, 1.807) is 20.8 Å². The van der Waals surface area contributed by atoms with Gasteiger partial charge in [-0.05, 0) is 32.8 Å².